The van der Waals surface area contributed by atoms with Crippen LogP contribution in [0.2, 0.25) is 0 Å². The molecule has 7 aliphatic rings. The molecular weight excluding hydrogens is 2830 g/mol. The first kappa shape index (κ1) is 111. The second-order valence-corrected chi connectivity index (χ2v) is 35.9. The minimum atomic E-state index is -0.125. The maximum Gasteiger partial charge on any atom is 2.00 e. The van der Waals surface area contributed by atoms with Crippen molar-refractivity contribution >= 4 is 67.3 Å². The quantitative estimate of drug-likeness (QED) is 0.0498. The minimum absolute atomic E-state index is 0. The van der Waals surface area contributed by atoms with Crippen LogP contribution in [0.15, 0.2) is 346 Å². The molecule has 18 aromatic rings. The van der Waals surface area contributed by atoms with Gasteiger partial charge in [-0.3, -0.25) is 29.3 Å². The van der Waals surface area contributed by atoms with Gasteiger partial charge in [-0.15, -0.1) is 230 Å². The number of hydrogen-bond acceptors (Lipinski definition) is 13. The Balaban J connectivity index is 0.000000160. The maximum atomic E-state index is 10.0. The van der Waals surface area contributed by atoms with Crippen molar-refractivity contribution in [2.75, 3.05) is 4.90 Å². The van der Waals surface area contributed by atoms with Crippen molar-refractivity contribution < 1.29 is 142 Å². The average molecular weight is 2940 g/mol. The number of rotatable bonds is 13. The summed E-state index contributed by atoms with van der Waals surface area (Å²) in [4.78, 5) is 61.9. The van der Waals surface area contributed by atoms with Crippen LogP contribution < -0.4 is 4.90 Å². The molecule has 0 spiro atoms. The van der Waals surface area contributed by atoms with Crippen LogP contribution in [-0.2, 0) is 169 Å². The number of para-hydroxylation sites is 1. The van der Waals surface area contributed by atoms with Crippen LogP contribution in [0.4, 0.5) is 17.3 Å². The number of aliphatic hydroxyl groups excluding tert-OH is 1. The number of allylic oxidation sites excluding steroid dienone is 2. The van der Waals surface area contributed by atoms with Crippen LogP contribution in [0.3, 0.4) is 0 Å². The molecule has 2 saturated carbocycles. The molecule has 11 aromatic carbocycles. The molecule has 4 bridgehead atoms. The molecule has 730 valence electrons. The van der Waals surface area contributed by atoms with Crippen LogP contribution in [0.1, 0.15) is 162 Å². The normalized spacial score (nSPS) is 14.9. The summed E-state index contributed by atoms with van der Waals surface area (Å²) in [6.45, 7) is 10.5. The van der Waals surface area contributed by atoms with Gasteiger partial charge in [0, 0.05) is 138 Å². The number of hydrogen-bond donors (Lipinski definition) is 1. The summed E-state index contributed by atoms with van der Waals surface area (Å²) < 4.78 is 0. The molecule has 2 fully saturated rings. The number of carbonyl (C=O) groups excluding carboxylic acids is 3. The molecule has 7 aliphatic carbocycles. The number of aromatic nitrogens is 9. The first-order valence-electron chi connectivity index (χ1n) is 47.1. The number of Topliss-reactive ketones (excluding diaryl/α,β-unsaturated/α-hetero) is 2. The summed E-state index contributed by atoms with van der Waals surface area (Å²) in [6.07, 6.45) is 26.2. The van der Waals surface area contributed by atoms with Gasteiger partial charge in [-0.2, -0.15) is 33.2 Å². The summed E-state index contributed by atoms with van der Waals surface area (Å²) in [6, 6.07) is 127. The number of benzene rings is 11. The van der Waals surface area contributed by atoms with E-state index in [1.807, 2.05) is 243 Å². The smallest absolute Gasteiger partial charge is 0.512 e. The Hall–Kier alpha value is -11.4. The number of ketones is 3. The largest absolute Gasteiger partial charge is 2.00 e. The summed E-state index contributed by atoms with van der Waals surface area (Å²) >= 11 is 0. The van der Waals surface area contributed by atoms with Crippen molar-refractivity contribution in [3.05, 3.63) is 433 Å². The number of aryl methyl sites for hydroxylation is 4. The second-order valence-electron chi connectivity index (χ2n) is 35.9. The molecule has 4 atom stereocenters. The number of anilines is 3. The van der Waals surface area contributed by atoms with Gasteiger partial charge in [0.2, 0.25) is 0 Å². The van der Waals surface area contributed by atoms with Gasteiger partial charge in [-0.25, -0.2) is 0 Å². The third kappa shape index (κ3) is 28.2. The summed E-state index contributed by atoms with van der Waals surface area (Å²) in [7, 11) is 0. The maximum absolute atomic E-state index is 10.0. The Morgan fingerprint density at radius 3 is 1.41 bits per heavy atom. The summed E-state index contributed by atoms with van der Waals surface area (Å²) in [5.41, 5.74) is 28.7. The van der Waals surface area contributed by atoms with E-state index < -0.39 is 0 Å². The molecule has 0 amide bonds. The second kappa shape index (κ2) is 53.8. The molecule has 14 nitrogen and oxygen atoms in total. The predicted octanol–water partition coefficient (Wildman–Crippen LogP) is 28.0. The topological polar surface area (TPSA) is 183 Å². The van der Waals surface area contributed by atoms with E-state index in [-0.39, 0.29) is 152 Å². The zero-order valence-corrected chi connectivity index (χ0v) is 93.8. The molecule has 142 heavy (non-hydrogen) atoms. The van der Waals surface area contributed by atoms with E-state index in [0.29, 0.717) is 5.41 Å². The number of pyridine rings is 6. The number of nitrogens with zero attached hydrogens (tertiary/aromatic N) is 10. The first-order chi connectivity index (χ1) is 66.5. The Labute approximate surface area is 916 Å². The fourth-order valence-electron chi connectivity index (χ4n) is 19.1. The van der Waals surface area contributed by atoms with Crippen LogP contribution in [-0.4, -0.2) is 67.4 Å². The van der Waals surface area contributed by atoms with Gasteiger partial charge in [0.1, 0.15) is 34.2 Å². The molecule has 4 radical (unpaired) electrons. The van der Waals surface area contributed by atoms with E-state index in [1.54, 1.807) is 22.1 Å². The van der Waals surface area contributed by atoms with E-state index in [2.05, 4.69) is 167 Å². The fraction of sp³-hybridized carbons (Fsp3) is 0.205. The predicted molar refractivity (Wildman–Crippen MR) is 546 cm³/mol. The number of aliphatic hydroxyl groups is 1. The molecule has 0 aliphatic heterocycles. The Morgan fingerprint density at radius 2 is 0.901 bits per heavy atom. The number of fused-ring (bicyclic) bond motifs is 10. The Kier molecular flexibility index (Phi) is 42.0. The monoisotopic (exact) mass is 2940 g/mol. The van der Waals surface area contributed by atoms with E-state index in [4.69, 9.17) is 25.0 Å². The van der Waals surface area contributed by atoms with E-state index in [0.717, 1.165) is 125 Å². The van der Waals surface area contributed by atoms with Crippen molar-refractivity contribution in [2.24, 2.45) is 11.3 Å². The average Bonchev–Trinajstić information content (AvgIpc) is 0.860. The van der Waals surface area contributed by atoms with Crippen molar-refractivity contribution in [3.63, 3.8) is 0 Å². The van der Waals surface area contributed by atoms with Gasteiger partial charge in [0.15, 0.2) is 5.78 Å². The summed E-state index contributed by atoms with van der Waals surface area (Å²) in [5.74, 6) is 4.61. The molecule has 0 saturated heterocycles. The van der Waals surface area contributed by atoms with Gasteiger partial charge in [-0.1, -0.05) is 174 Å². The molecule has 1 N–H and O–H groups in total. The zero-order valence-electron chi connectivity index (χ0n) is 79.7. The molecule has 4 unspecified atom stereocenters. The molecule has 25 rings (SSSR count). The standard InChI is InChI=1S/C28H19N3.C22H24N.C20H20N.C16H10N3.C15H10N.C11H8N.2C5H8O2.4Ir.2Pt/c1-4-12-22(13-5-1)25-18-10-20-27(29-25)31(24-16-8-3-9-17-24)28-21-11-19-26(30-28)23-14-6-2-7-15-23;1-22(2)18-10-17-11-21(23-13-19(17)20(22)12-18)16-8-7-14-5-3-4-6-15(14)9-16;1-2-4-14-9-17(8-5-13(14)3-1)20-11-18-15-6-7-16(10-15)19(18)12-21-20;1-2-8-13-12(6-1)7-5-11-16(13)19-17-14-9-3-4-10-15(14)18-19;1-2-7-13(8-3-1)15-14-9-5-4-6-12(14)10-11-16-15;1-2-6-10(7-3-1)11-8-4-5-9-12-11;2*1-4(6)3-5(2)7;;;;;;/h1-12,14,16-21H;7,9,11,13,18,20H,3-6,10,12H2,1-2H3;5,9,11-12,15-16H,1-4,6-7,10H2;1-10H;1-7,9-11H;1-6,8-9H;3H2,1-2H3;3,6H,1-2H3;;;;;;/q-2;5*-1;;;;;;;;+2/b;;;;;;;4-3-;;;;;;. The van der Waals surface area contributed by atoms with E-state index in [1.165, 1.54) is 173 Å². The zero-order chi connectivity index (χ0) is 93.7. The van der Waals surface area contributed by atoms with E-state index in [9.17, 15) is 14.4 Å². The Morgan fingerprint density at radius 1 is 0.423 bits per heavy atom. The SMILES string of the molecule is CC(=O)/C=C(/C)O.CC(=O)CC(C)=O.CC1(C)C2Cc3cc(-c4[c-]cc5c(c4)CCCC5)ncc3C1C2.[Ir].[Ir].[Ir].[Ir].[Pt+2].[Pt].[c-]1cc2c(cc1-c1cc3c(cn1)C1CCC3C1)CCCC2.[c-]1ccc2ccccc2c1-n1nc2ccccc2n1.[c-]1ccccc1-c1cccc(N(c2ccccc2)c2cccc(-c3[c-]cccc3)n2)n1.[c-]1ccccc1-c1ccccn1.[c-]1ccccc1-c1nccc2ccccc12. The van der Waals surface area contributed by atoms with Crippen molar-refractivity contribution in [1.82, 2.24) is 44.9 Å². The van der Waals surface area contributed by atoms with Gasteiger partial charge in [0.05, 0.1) is 12.2 Å². The molecule has 20 heteroatoms. The van der Waals surface area contributed by atoms with Gasteiger partial charge in [-0.05, 0) is 223 Å². The first-order valence-corrected chi connectivity index (χ1v) is 47.1. The van der Waals surface area contributed by atoms with Gasteiger partial charge >= 0.3 is 21.1 Å². The van der Waals surface area contributed by atoms with Crippen LogP contribution in [0.25, 0.3) is 106 Å². The van der Waals surface area contributed by atoms with Gasteiger partial charge in [0.25, 0.3) is 0 Å². The number of carbonyl (C=O) groups is 3. The third-order valence-corrected chi connectivity index (χ3v) is 26.0. The Bertz CT molecular complexity index is 7050. The molecule has 7 aromatic heterocycles. The third-order valence-electron chi connectivity index (χ3n) is 26.0. The minimum Gasteiger partial charge on any atom is -0.512 e. The van der Waals surface area contributed by atoms with E-state index >= 15 is 0 Å². The van der Waals surface area contributed by atoms with Gasteiger partial charge < -0.3 is 25.0 Å². The van der Waals surface area contributed by atoms with Crippen molar-refractivity contribution in [2.45, 2.75) is 149 Å². The van der Waals surface area contributed by atoms with Crippen molar-refractivity contribution in [3.8, 4) is 73.2 Å². The van der Waals surface area contributed by atoms with Crippen LogP contribution in [0, 0.1) is 53.8 Å². The molecular formula is C122H107Ir4N10O4Pt2-5. The fourth-order valence-corrected chi connectivity index (χ4v) is 19.1. The van der Waals surface area contributed by atoms with Crippen molar-refractivity contribution in [1.29, 1.82) is 0 Å². The molecule has 7 heterocycles. The summed E-state index contributed by atoms with van der Waals surface area (Å²) in [5, 5.41) is 22.0. The van der Waals surface area contributed by atoms with Crippen LogP contribution >= 0.6 is 0 Å². The van der Waals surface area contributed by atoms with Crippen LogP contribution in [0.5, 0.6) is 0 Å².